The molecule has 4 heteroatoms. The zero-order chi connectivity index (χ0) is 13.0. The quantitative estimate of drug-likeness (QED) is 0.918. The van der Waals surface area contributed by atoms with Crippen LogP contribution in [0.25, 0.3) is 11.0 Å². The van der Waals surface area contributed by atoms with E-state index in [-0.39, 0.29) is 6.54 Å². The first kappa shape index (κ1) is 11.0. The van der Waals surface area contributed by atoms with Crippen molar-refractivity contribution in [3.8, 4) is 0 Å². The van der Waals surface area contributed by atoms with Crippen LogP contribution in [-0.2, 0) is 11.3 Å². The van der Waals surface area contributed by atoms with Gasteiger partial charge in [0.15, 0.2) is 0 Å². The zero-order valence-corrected chi connectivity index (χ0v) is 10.6. The van der Waals surface area contributed by atoms with E-state index in [0.717, 1.165) is 28.7 Å². The zero-order valence-electron chi connectivity index (χ0n) is 10.6. The molecule has 2 aliphatic rings. The van der Waals surface area contributed by atoms with Crippen LogP contribution in [0.2, 0.25) is 0 Å². The van der Waals surface area contributed by atoms with Gasteiger partial charge >= 0.3 is 5.97 Å². The third-order valence-corrected chi connectivity index (χ3v) is 4.68. The van der Waals surface area contributed by atoms with E-state index in [4.69, 9.17) is 10.1 Å². The Bertz CT molecular complexity index is 651. The number of imidazole rings is 1. The maximum absolute atomic E-state index is 11.1. The number of nitrogens with zero attached hydrogens (tertiary/aromatic N) is 2. The van der Waals surface area contributed by atoms with Crippen LogP contribution in [0.1, 0.15) is 31.0 Å². The molecule has 1 N–H and O–H groups in total. The van der Waals surface area contributed by atoms with Gasteiger partial charge in [0.25, 0.3) is 0 Å². The average molecular weight is 256 g/mol. The molecule has 0 saturated heterocycles. The molecule has 4 rings (SSSR count). The summed E-state index contributed by atoms with van der Waals surface area (Å²) in [6.07, 6.45) is 3.89. The fraction of sp³-hybridized carbons (Fsp3) is 0.467. The van der Waals surface area contributed by atoms with Crippen LogP contribution in [0.4, 0.5) is 0 Å². The van der Waals surface area contributed by atoms with E-state index < -0.39 is 5.97 Å². The molecule has 2 saturated carbocycles. The molecule has 98 valence electrons. The lowest BCUT2D eigenvalue weighted by Gasteiger charge is -2.07. The maximum atomic E-state index is 11.1. The van der Waals surface area contributed by atoms with Gasteiger partial charge in [-0.15, -0.1) is 0 Å². The van der Waals surface area contributed by atoms with Gasteiger partial charge in [-0.3, -0.25) is 4.79 Å². The molecule has 2 fully saturated rings. The van der Waals surface area contributed by atoms with Crippen molar-refractivity contribution in [1.29, 1.82) is 0 Å². The molecule has 2 atom stereocenters. The minimum absolute atomic E-state index is 0.0196. The van der Waals surface area contributed by atoms with E-state index in [2.05, 4.69) is 0 Å². The predicted molar refractivity (Wildman–Crippen MR) is 70.9 cm³/mol. The fourth-order valence-corrected chi connectivity index (χ4v) is 3.85. The van der Waals surface area contributed by atoms with Gasteiger partial charge in [-0.1, -0.05) is 18.6 Å². The van der Waals surface area contributed by atoms with Crippen molar-refractivity contribution >= 4 is 17.0 Å². The average Bonchev–Trinajstić information content (AvgIpc) is 2.76. The Morgan fingerprint density at radius 1 is 1.32 bits per heavy atom. The van der Waals surface area contributed by atoms with Crippen LogP contribution in [0.3, 0.4) is 0 Å². The van der Waals surface area contributed by atoms with Crippen LogP contribution in [0, 0.1) is 11.8 Å². The Morgan fingerprint density at radius 3 is 2.79 bits per heavy atom. The molecule has 1 heterocycles. The summed E-state index contributed by atoms with van der Waals surface area (Å²) in [6, 6.07) is 7.83. The number of rotatable bonds is 3. The summed E-state index contributed by atoms with van der Waals surface area (Å²) in [7, 11) is 0. The Balaban J connectivity index is 1.82. The largest absolute Gasteiger partial charge is 0.480 e. The van der Waals surface area contributed by atoms with Crippen molar-refractivity contribution in [2.45, 2.75) is 31.7 Å². The Morgan fingerprint density at radius 2 is 2.05 bits per heavy atom. The molecule has 0 radical (unpaired) electrons. The summed E-state index contributed by atoms with van der Waals surface area (Å²) in [4.78, 5) is 15.8. The third kappa shape index (κ3) is 1.59. The maximum Gasteiger partial charge on any atom is 0.323 e. The predicted octanol–water partition coefficient (Wildman–Crippen LogP) is 2.63. The number of para-hydroxylation sites is 2. The number of carbonyl (C=O) groups is 1. The van der Waals surface area contributed by atoms with Crippen molar-refractivity contribution in [1.82, 2.24) is 9.55 Å². The molecule has 0 bridgehead atoms. The minimum atomic E-state index is -0.796. The molecule has 2 unspecified atom stereocenters. The number of hydrogen-bond donors (Lipinski definition) is 1. The van der Waals surface area contributed by atoms with E-state index in [1.165, 1.54) is 19.3 Å². The van der Waals surface area contributed by atoms with E-state index in [9.17, 15) is 4.79 Å². The Hall–Kier alpha value is -1.84. The van der Waals surface area contributed by atoms with Gasteiger partial charge in [0, 0.05) is 5.92 Å². The number of fused-ring (bicyclic) bond motifs is 2. The molecular weight excluding hydrogens is 240 g/mol. The van der Waals surface area contributed by atoms with Gasteiger partial charge in [0.1, 0.15) is 12.4 Å². The highest BCUT2D eigenvalue weighted by Crippen LogP contribution is 2.62. The highest BCUT2D eigenvalue weighted by atomic mass is 16.4. The summed E-state index contributed by atoms with van der Waals surface area (Å²) < 4.78 is 1.90. The van der Waals surface area contributed by atoms with Gasteiger partial charge in [-0.05, 0) is 36.8 Å². The van der Waals surface area contributed by atoms with Gasteiger partial charge in [-0.25, -0.2) is 4.98 Å². The first-order valence-electron chi connectivity index (χ1n) is 6.92. The highest BCUT2D eigenvalue weighted by Gasteiger charge is 2.55. The van der Waals surface area contributed by atoms with Crippen molar-refractivity contribution in [2.24, 2.45) is 11.8 Å². The summed E-state index contributed by atoms with van der Waals surface area (Å²) in [5.74, 6) is 2.21. The van der Waals surface area contributed by atoms with Crippen molar-refractivity contribution in [3.63, 3.8) is 0 Å². The van der Waals surface area contributed by atoms with E-state index in [0.29, 0.717) is 5.92 Å². The SMILES string of the molecule is O=C(O)Cn1c(C2C3CCCC32)nc2ccccc21. The molecule has 2 aromatic rings. The monoisotopic (exact) mass is 256 g/mol. The van der Waals surface area contributed by atoms with Gasteiger partial charge in [-0.2, -0.15) is 0 Å². The van der Waals surface area contributed by atoms with Gasteiger partial charge < -0.3 is 9.67 Å². The highest BCUT2D eigenvalue weighted by molar-refractivity contribution is 5.78. The molecule has 1 aromatic carbocycles. The lowest BCUT2D eigenvalue weighted by molar-refractivity contribution is -0.137. The normalized spacial score (nSPS) is 28.5. The number of aliphatic carboxylic acids is 1. The second-order valence-corrected chi connectivity index (χ2v) is 5.72. The molecule has 1 aromatic heterocycles. The molecule has 0 spiro atoms. The van der Waals surface area contributed by atoms with Gasteiger partial charge in [0.2, 0.25) is 0 Å². The summed E-state index contributed by atoms with van der Waals surface area (Å²) in [6.45, 7) is 0.0196. The second-order valence-electron chi connectivity index (χ2n) is 5.72. The lowest BCUT2D eigenvalue weighted by atomic mass is 10.1. The Kier molecular flexibility index (Phi) is 2.22. The smallest absolute Gasteiger partial charge is 0.323 e. The molecule has 19 heavy (non-hydrogen) atoms. The Labute approximate surface area is 111 Å². The topological polar surface area (TPSA) is 55.1 Å². The van der Waals surface area contributed by atoms with Gasteiger partial charge in [0.05, 0.1) is 11.0 Å². The molecule has 0 amide bonds. The standard InChI is InChI=1S/C15H16N2O2/c18-13(19)8-17-12-7-2-1-6-11(12)16-15(17)14-9-4-3-5-10(9)14/h1-2,6-7,9-10,14H,3-5,8H2,(H,18,19). The van der Waals surface area contributed by atoms with E-state index in [1.54, 1.807) is 0 Å². The molecule has 0 aliphatic heterocycles. The number of carboxylic acid groups (broad SMARTS) is 1. The third-order valence-electron chi connectivity index (χ3n) is 4.68. The van der Waals surface area contributed by atoms with Crippen LogP contribution in [0.5, 0.6) is 0 Å². The fourth-order valence-electron chi connectivity index (χ4n) is 3.85. The number of carboxylic acids is 1. The first-order valence-corrected chi connectivity index (χ1v) is 6.92. The number of hydrogen-bond acceptors (Lipinski definition) is 2. The van der Waals surface area contributed by atoms with Crippen molar-refractivity contribution < 1.29 is 9.90 Å². The van der Waals surface area contributed by atoms with Crippen LogP contribution >= 0.6 is 0 Å². The first-order chi connectivity index (χ1) is 9.25. The van der Waals surface area contributed by atoms with Crippen LogP contribution in [-0.4, -0.2) is 20.6 Å². The van der Waals surface area contributed by atoms with Crippen molar-refractivity contribution in [2.75, 3.05) is 0 Å². The summed E-state index contributed by atoms with van der Waals surface area (Å²) >= 11 is 0. The molecule has 4 nitrogen and oxygen atoms in total. The van der Waals surface area contributed by atoms with Crippen LogP contribution < -0.4 is 0 Å². The molecular formula is C15H16N2O2. The van der Waals surface area contributed by atoms with E-state index in [1.807, 2.05) is 28.8 Å². The minimum Gasteiger partial charge on any atom is -0.480 e. The number of benzene rings is 1. The lowest BCUT2D eigenvalue weighted by Crippen LogP contribution is -2.12. The summed E-state index contributed by atoms with van der Waals surface area (Å²) in [5, 5.41) is 9.13. The van der Waals surface area contributed by atoms with Crippen molar-refractivity contribution in [3.05, 3.63) is 30.1 Å². The second kappa shape index (κ2) is 3.83. The number of aromatic nitrogens is 2. The molecule has 2 aliphatic carbocycles. The van der Waals surface area contributed by atoms with Crippen LogP contribution in [0.15, 0.2) is 24.3 Å². The summed E-state index contributed by atoms with van der Waals surface area (Å²) in [5.41, 5.74) is 1.87. The van der Waals surface area contributed by atoms with E-state index >= 15 is 0 Å².